The number of methoxy groups -OCH3 is 1. The van der Waals surface area contributed by atoms with Crippen molar-refractivity contribution in [3.63, 3.8) is 0 Å². The van der Waals surface area contributed by atoms with Crippen LogP contribution in [0.4, 0.5) is 0 Å². The van der Waals surface area contributed by atoms with Gasteiger partial charge in [0, 0.05) is 5.56 Å². The Labute approximate surface area is 84.3 Å². The van der Waals surface area contributed by atoms with E-state index in [0.29, 0.717) is 6.54 Å². The van der Waals surface area contributed by atoms with Crippen LogP contribution >= 0.6 is 0 Å². The maximum atomic E-state index is 6.96. The summed E-state index contributed by atoms with van der Waals surface area (Å²) in [6, 6.07) is 8.04. The zero-order chi connectivity index (χ0) is 10.0. The third-order valence-corrected chi connectivity index (χ3v) is 2.91. The number of hydrogen-bond donors (Lipinski definition) is 0. The minimum atomic E-state index is 0.106. The molecule has 1 fully saturated rings. The van der Waals surface area contributed by atoms with Gasteiger partial charge in [0.15, 0.2) is 0 Å². The standard InChI is InChI=1S/C12H13NO/c1-13-9-12(7-8-12)10-5-3-4-6-11(10)14-2/h3-6H,7-9H2,2H3. The lowest BCUT2D eigenvalue weighted by atomic mass is 9.95. The molecule has 1 aromatic rings. The lowest BCUT2D eigenvalue weighted by Gasteiger charge is -2.13. The second-order valence-corrected chi connectivity index (χ2v) is 3.80. The summed E-state index contributed by atoms with van der Waals surface area (Å²) in [6.45, 7) is 7.55. The fourth-order valence-electron chi connectivity index (χ4n) is 1.90. The van der Waals surface area contributed by atoms with Gasteiger partial charge in [0.2, 0.25) is 6.54 Å². The Morgan fingerprint density at radius 3 is 2.71 bits per heavy atom. The third kappa shape index (κ3) is 1.35. The molecule has 0 N–H and O–H groups in total. The van der Waals surface area contributed by atoms with Gasteiger partial charge in [0.25, 0.3) is 0 Å². The van der Waals surface area contributed by atoms with Crippen molar-refractivity contribution in [1.82, 2.24) is 0 Å². The normalized spacial score (nSPS) is 17.1. The number of para-hydroxylation sites is 1. The van der Waals surface area contributed by atoms with E-state index < -0.39 is 0 Å². The van der Waals surface area contributed by atoms with Crippen LogP contribution in [0.3, 0.4) is 0 Å². The molecule has 0 spiro atoms. The van der Waals surface area contributed by atoms with E-state index in [1.165, 1.54) is 5.56 Å². The molecule has 1 aliphatic rings. The van der Waals surface area contributed by atoms with Crippen molar-refractivity contribution in [3.05, 3.63) is 41.2 Å². The van der Waals surface area contributed by atoms with Crippen molar-refractivity contribution < 1.29 is 4.74 Å². The molecule has 0 aliphatic heterocycles. The van der Waals surface area contributed by atoms with Gasteiger partial charge in [-0.25, -0.2) is 6.57 Å². The van der Waals surface area contributed by atoms with E-state index in [0.717, 1.165) is 18.6 Å². The minimum Gasteiger partial charge on any atom is -0.496 e. The molecule has 0 radical (unpaired) electrons. The van der Waals surface area contributed by atoms with Crippen LogP contribution in [-0.2, 0) is 5.41 Å². The highest BCUT2D eigenvalue weighted by molar-refractivity contribution is 5.44. The van der Waals surface area contributed by atoms with Crippen LogP contribution in [0.5, 0.6) is 5.75 Å². The fraction of sp³-hybridized carbons (Fsp3) is 0.417. The summed E-state index contributed by atoms with van der Waals surface area (Å²) < 4.78 is 5.32. The smallest absolute Gasteiger partial charge is 0.224 e. The Hall–Kier alpha value is -1.49. The van der Waals surface area contributed by atoms with Gasteiger partial charge in [0.1, 0.15) is 5.75 Å². The summed E-state index contributed by atoms with van der Waals surface area (Å²) in [5.41, 5.74) is 1.31. The van der Waals surface area contributed by atoms with Gasteiger partial charge in [-0.1, -0.05) is 18.2 Å². The summed E-state index contributed by atoms with van der Waals surface area (Å²) in [4.78, 5) is 3.52. The maximum Gasteiger partial charge on any atom is 0.224 e. The molecule has 0 amide bonds. The molecule has 0 heterocycles. The van der Waals surface area contributed by atoms with Crippen molar-refractivity contribution in [1.29, 1.82) is 0 Å². The second kappa shape index (κ2) is 3.34. The molecular formula is C12H13NO. The topological polar surface area (TPSA) is 13.6 Å². The van der Waals surface area contributed by atoms with Crippen molar-refractivity contribution in [3.8, 4) is 5.75 Å². The molecule has 1 aliphatic carbocycles. The van der Waals surface area contributed by atoms with Crippen LogP contribution in [0.25, 0.3) is 4.85 Å². The summed E-state index contributed by atoms with van der Waals surface area (Å²) in [7, 11) is 1.69. The maximum absolute atomic E-state index is 6.96. The first-order valence-electron chi connectivity index (χ1n) is 4.79. The van der Waals surface area contributed by atoms with Gasteiger partial charge in [-0.3, -0.25) is 0 Å². The van der Waals surface area contributed by atoms with Crippen molar-refractivity contribution in [2.24, 2.45) is 0 Å². The van der Waals surface area contributed by atoms with E-state index in [-0.39, 0.29) is 5.41 Å². The molecule has 2 nitrogen and oxygen atoms in total. The number of hydrogen-bond acceptors (Lipinski definition) is 1. The third-order valence-electron chi connectivity index (χ3n) is 2.91. The van der Waals surface area contributed by atoms with Crippen LogP contribution in [-0.4, -0.2) is 13.7 Å². The van der Waals surface area contributed by atoms with Gasteiger partial charge in [-0.05, 0) is 18.9 Å². The molecule has 0 atom stereocenters. The van der Waals surface area contributed by atoms with Crippen LogP contribution in [0.1, 0.15) is 18.4 Å². The average molecular weight is 187 g/mol. The Kier molecular flexibility index (Phi) is 2.17. The van der Waals surface area contributed by atoms with Crippen molar-refractivity contribution in [2.75, 3.05) is 13.7 Å². The SMILES string of the molecule is [C-]#[N+]CC1(c2ccccc2OC)CC1. The zero-order valence-electron chi connectivity index (χ0n) is 8.29. The summed E-state index contributed by atoms with van der Waals surface area (Å²) in [6.07, 6.45) is 2.24. The number of rotatable bonds is 3. The van der Waals surface area contributed by atoms with Gasteiger partial charge in [0.05, 0.1) is 12.5 Å². The first-order chi connectivity index (χ1) is 6.82. The number of nitrogens with zero attached hydrogens (tertiary/aromatic N) is 1. The molecule has 0 aromatic heterocycles. The van der Waals surface area contributed by atoms with Gasteiger partial charge in [-0.15, -0.1) is 0 Å². The predicted molar refractivity (Wildman–Crippen MR) is 55.4 cm³/mol. The Morgan fingerprint density at radius 2 is 2.14 bits per heavy atom. The minimum absolute atomic E-state index is 0.106. The van der Waals surface area contributed by atoms with Gasteiger partial charge < -0.3 is 9.58 Å². The Bertz CT molecular complexity index is 374. The van der Waals surface area contributed by atoms with Crippen molar-refractivity contribution in [2.45, 2.75) is 18.3 Å². The van der Waals surface area contributed by atoms with Crippen LogP contribution in [0, 0.1) is 6.57 Å². The van der Waals surface area contributed by atoms with Crippen LogP contribution < -0.4 is 4.74 Å². The molecule has 0 saturated heterocycles. The van der Waals surface area contributed by atoms with E-state index in [2.05, 4.69) is 10.9 Å². The molecular weight excluding hydrogens is 174 g/mol. The quantitative estimate of drug-likeness (QED) is 0.663. The van der Waals surface area contributed by atoms with E-state index in [1.54, 1.807) is 7.11 Å². The molecule has 72 valence electrons. The summed E-state index contributed by atoms with van der Waals surface area (Å²) in [5.74, 6) is 0.925. The highest BCUT2D eigenvalue weighted by Gasteiger charge is 2.49. The fourth-order valence-corrected chi connectivity index (χ4v) is 1.90. The molecule has 2 heteroatoms. The van der Waals surface area contributed by atoms with E-state index in [1.807, 2.05) is 18.2 Å². The monoisotopic (exact) mass is 187 g/mol. The summed E-state index contributed by atoms with van der Waals surface area (Å²) >= 11 is 0. The number of ether oxygens (including phenoxy) is 1. The molecule has 14 heavy (non-hydrogen) atoms. The van der Waals surface area contributed by atoms with Crippen LogP contribution in [0.2, 0.25) is 0 Å². The molecule has 1 aromatic carbocycles. The first kappa shape index (κ1) is 9.08. The Morgan fingerprint density at radius 1 is 1.43 bits per heavy atom. The lowest BCUT2D eigenvalue weighted by molar-refractivity contribution is 0.405. The van der Waals surface area contributed by atoms with E-state index in [4.69, 9.17) is 11.3 Å². The number of benzene rings is 1. The lowest BCUT2D eigenvalue weighted by Crippen LogP contribution is -2.11. The Balaban J connectivity index is 2.37. The van der Waals surface area contributed by atoms with E-state index in [9.17, 15) is 0 Å². The highest BCUT2D eigenvalue weighted by Crippen LogP contribution is 2.51. The summed E-state index contributed by atoms with van der Waals surface area (Å²) in [5, 5.41) is 0. The first-order valence-corrected chi connectivity index (χ1v) is 4.79. The van der Waals surface area contributed by atoms with E-state index >= 15 is 0 Å². The average Bonchev–Trinajstić information content (AvgIpc) is 2.99. The molecule has 0 unspecified atom stereocenters. The van der Waals surface area contributed by atoms with Gasteiger partial charge >= 0.3 is 0 Å². The zero-order valence-corrected chi connectivity index (χ0v) is 8.29. The largest absolute Gasteiger partial charge is 0.496 e. The molecule has 0 bridgehead atoms. The highest BCUT2D eigenvalue weighted by atomic mass is 16.5. The van der Waals surface area contributed by atoms with Gasteiger partial charge in [-0.2, -0.15) is 0 Å². The molecule has 2 rings (SSSR count). The predicted octanol–water partition coefficient (Wildman–Crippen LogP) is 2.65. The molecule has 1 saturated carbocycles. The van der Waals surface area contributed by atoms with Crippen LogP contribution in [0.15, 0.2) is 24.3 Å². The van der Waals surface area contributed by atoms with Crippen molar-refractivity contribution >= 4 is 0 Å². The second-order valence-electron chi connectivity index (χ2n) is 3.80.